The fourth-order valence-corrected chi connectivity index (χ4v) is 1.82. The van der Waals surface area contributed by atoms with Crippen LogP contribution in [0.15, 0.2) is 30.9 Å². The van der Waals surface area contributed by atoms with Gasteiger partial charge >= 0.3 is 0 Å². The van der Waals surface area contributed by atoms with E-state index < -0.39 is 0 Å². The van der Waals surface area contributed by atoms with Crippen LogP contribution in [0.2, 0.25) is 0 Å². The summed E-state index contributed by atoms with van der Waals surface area (Å²) < 4.78 is 15.5. The number of hydrogen-bond donors (Lipinski definition) is 1. The molecule has 0 radical (unpaired) electrons. The van der Waals surface area contributed by atoms with Crippen LogP contribution in [-0.2, 0) is 6.54 Å². The molecule has 0 bridgehead atoms. The average molecular weight is 234 g/mol. The van der Waals surface area contributed by atoms with E-state index >= 15 is 0 Å². The highest BCUT2D eigenvalue weighted by atomic mass is 19.1. The van der Waals surface area contributed by atoms with Gasteiger partial charge in [-0.25, -0.2) is 4.39 Å². The lowest BCUT2D eigenvalue weighted by Gasteiger charge is -2.15. The van der Waals surface area contributed by atoms with Crippen molar-refractivity contribution in [1.29, 1.82) is 0 Å². The van der Waals surface area contributed by atoms with E-state index in [0.717, 1.165) is 12.1 Å². The van der Waals surface area contributed by atoms with E-state index in [-0.39, 0.29) is 11.9 Å². The third kappa shape index (κ3) is 2.34. The monoisotopic (exact) mass is 234 g/mol. The largest absolute Gasteiger partial charge is 0.309 e. The van der Waals surface area contributed by atoms with Gasteiger partial charge in [0.15, 0.2) is 0 Å². The molecule has 0 saturated carbocycles. The Morgan fingerprint density at radius 3 is 2.88 bits per heavy atom. The zero-order valence-corrected chi connectivity index (χ0v) is 9.89. The Balaban J connectivity index is 2.36. The van der Waals surface area contributed by atoms with Gasteiger partial charge in [0.05, 0.1) is 18.4 Å². The van der Waals surface area contributed by atoms with Crippen LogP contribution in [0.1, 0.15) is 24.1 Å². The van der Waals surface area contributed by atoms with E-state index in [1.807, 2.05) is 17.8 Å². The minimum atomic E-state index is -0.309. The average Bonchev–Trinajstić information content (AvgIpc) is 2.81. The van der Waals surface area contributed by atoms with Gasteiger partial charge in [-0.15, -0.1) is 0 Å². The molecule has 0 aliphatic carbocycles. The Bertz CT molecular complexity index is 495. The van der Waals surface area contributed by atoms with Crippen molar-refractivity contribution in [3.8, 4) is 0 Å². The molecule has 17 heavy (non-hydrogen) atoms. The molecule has 2 aromatic rings. The van der Waals surface area contributed by atoms with Crippen LogP contribution in [0.4, 0.5) is 4.39 Å². The van der Waals surface area contributed by atoms with Crippen LogP contribution in [0.25, 0.3) is 0 Å². The highest BCUT2D eigenvalue weighted by Gasteiger charge is 2.17. The normalized spacial score (nSPS) is 12.6. The summed E-state index contributed by atoms with van der Waals surface area (Å²) in [5.41, 5.74) is 1.53. The first kappa shape index (κ1) is 11.7. The maximum Gasteiger partial charge on any atom is 0.146 e. The van der Waals surface area contributed by atoms with Gasteiger partial charge in [0.1, 0.15) is 5.82 Å². The molecule has 0 aromatic carbocycles. The molecule has 0 amide bonds. The van der Waals surface area contributed by atoms with Crippen molar-refractivity contribution in [2.24, 2.45) is 0 Å². The minimum Gasteiger partial charge on any atom is -0.309 e. The Morgan fingerprint density at radius 1 is 1.47 bits per heavy atom. The summed E-state index contributed by atoms with van der Waals surface area (Å²) in [4.78, 5) is 3.75. The first-order valence-corrected chi connectivity index (χ1v) is 5.55. The van der Waals surface area contributed by atoms with Crippen LogP contribution < -0.4 is 5.32 Å². The summed E-state index contributed by atoms with van der Waals surface area (Å²) in [6.07, 6.45) is 6.49. The summed E-state index contributed by atoms with van der Waals surface area (Å²) >= 11 is 0. The SMILES string of the molecule is CCn1cc(C(NC)c2ccncc2F)cn1. The minimum absolute atomic E-state index is 0.196. The second kappa shape index (κ2) is 5.05. The quantitative estimate of drug-likeness (QED) is 0.876. The van der Waals surface area contributed by atoms with Gasteiger partial charge in [0.25, 0.3) is 0 Å². The summed E-state index contributed by atoms with van der Waals surface area (Å²) in [6, 6.07) is 1.48. The van der Waals surface area contributed by atoms with Crippen molar-refractivity contribution in [3.05, 3.63) is 47.8 Å². The zero-order chi connectivity index (χ0) is 12.3. The molecule has 90 valence electrons. The van der Waals surface area contributed by atoms with Crippen molar-refractivity contribution in [2.45, 2.75) is 19.5 Å². The molecule has 1 unspecified atom stereocenters. The standard InChI is InChI=1S/C12H15FN4/c1-3-17-8-9(6-16-17)12(14-2)10-4-5-15-7-11(10)13/h4-8,12,14H,3H2,1-2H3. The Hall–Kier alpha value is -1.75. The molecule has 2 rings (SSSR count). The van der Waals surface area contributed by atoms with Crippen LogP contribution >= 0.6 is 0 Å². The highest BCUT2D eigenvalue weighted by Crippen LogP contribution is 2.22. The summed E-state index contributed by atoms with van der Waals surface area (Å²) in [7, 11) is 1.80. The predicted molar refractivity (Wildman–Crippen MR) is 63.0 cm³/mol. The lowest BCUT2D eigenvalue weighted by atomic mass is 10.0. The molecular formula is C12H15FN4. The Morgan fingerprint density at radius 2 is 2.29 bits per heavy atom. The number of nitrogens with zero attached hydrogens (tertiary/aromatic N) is 3. The Kier molecular flexibility index (Phi) is 3.49. The van der Waals surface area contributed by atoms with Gasteiger partial charge in [0, 0.05) is 30.1 Å². The number of halogens is 1. The van der Waals surface area contributed by atoms with Crippen LogP contribution in [0, 0.1) is 5.82 Å². The maximum atomic E-state index is 13.7. The van der Waals surface area contributed by atoms with Crippen molar-refractivity contribution < 1.29 is 4.39 Å². The third-order valence-corrected chi connectivity index (χ3v) is 2.71. The van der Waals surface area contributed by atoms with Crippen molar-refractivity contribution >= 4 is 0 Å². The van der Waals surface area contributed by atoms with Crippen molar-refractivity contribution in [1.82, 2.24) is 20.1 Å². The van der Waals surface area contributed by atoms with E-state index in [0.29, 0.717) is 5.56 Å². The van der Waals surface area contributed by atoms with E-state index in [4.69, 9.17) is 0 Å². The van der Waals surface area contributed by atoms with E-state index in [9.17, 15) is 4.39 Å². The van der Waals surface area contributed by atoms with Crippen molar-refractivity contribution in [3.63, 3.8) is 0 Å². The lowest BCUT2D eigenvalue weighted by molar-refractivity contribution is 0.570. The fraction of sp³-hybridized carbons (Fsp3) is 0.333. The molecule has 1 atom stereocenters. The van der Waals surface area contributed by atoms with Gasteiger partial charge in [0.2, 0.25) is 0 Å². The number of nitrogens with one attached hydrogen (secondary N) is 1. The second-order valence-electron chi connectivity index (χ2n) is 3.75. The molecule has 0 spiro atoms. The van der Waals surface area contributed by atoms with Gasteiger partial charge in [-0.3, -0.25) is 9.67 Å². The number of rotatable bonds is 4. The first-order chi connectivity index (χ1) is 8.26. The van der Waals surface area contributed by atoms with E-state index in [1.165, 1.54) is 6.20 Å². The van der Waals surface area contributed by atoms with Crippen molar-refractivity contribution in [2.75, 3.05) is 7.05 Å². The van der Waals surface area contributed by atoms with E-state index in [1.54, 1.807) is 25.5 Å². The predicted octanol–water partition coefficient (Wildman–Crippen LogP) is 1.75. The number of pyridine rings is 1. The second-order valence-corrected chi connectivity index (χ2v) is 3.75. The lowest BCUT2D eigenvalue weighted by Crippen LogP contribution is -2.18. The molecule has 0 aliphatic heterocycles. The molecule has 2 heterocycles. The summed E-state index contributed by atoms with van der Waals surface area (Å²) in [5.74, 6) is -0.309. The molecule has 0 fully saturated rings. The van der Waals surface area contributed by atoms with Gasteiger partial charge in [-0.1, -0.05) is 0 Å². The molecule has 2 aromatic heterocycles. The van der Waals surface area contributed by atoms with Crippen LogP contribution in [0.5, 0.6) is 0 Å². The molecule has 1 N–H and O–H groups in total. The summed E-state index contributed by atoms with van der Waals surface area (Å²) in [5, 5.41) is 7.29. The van der Waals surface area contributed by atoms with Crippen LogP contribution in [0.3, 0.4) is 0 Å². The number of aryl methyl sites for hydroxylation is 1. The van der Waals surface area contributed by atoms with Gasteiger partial charge < -0.3 is 5.32 Å². The van der Waals surface area contributed by atoms with Gasteiger partial charge in [-0.05, 0) is 20.0 Å². The van der Waals surface area contributed by atoms with E-state index in [2.05, 4.69) is 15.4 Å². The highest BCUT2D eigenvalue weighted by molar-refractivity contribution is 5.28. The third-order valence-electron chi connectivity index (χ3n) is 2.71. The van der Waals surface area contributed by atoms with Gasteiger partial charge in [-0.2, -0.15) is 5.10 Å². The maximum absolute atomic E-state index is 13.7. The molecule has 0 saturated heterocycles. The number of hydrogen-bond acceptors (Lipinski definition) is 3. The zero-order valence-electron chi connectivity index (χ0n) is 9.89. The molecule has 0 aliphatic rings. The number of aromatic nitrogens is 3. The smallest absolute Gasteiger partial charge is 0.146 e. The Labute approximate surface area is 99.5 Å². The summed E-state index contributed by atoms with van der Waals surface area (Å²) in [6.45, 7) is 2.81. The molecule has 5 heteroatoms. The van der Waals surface area contributed by atoms with Crippen LogP contribution in [-0.4, -0.2) is 21.8 Å². The molecule has 4 nitrogen and oxygen atoms in total. The fourth-order valence-electron chi connectivity index (χ4n) is 1.82. The molecular weight excluding hydrogens is 219 g/mol. The first-order valence-electron chi connectivity index (χ1n) is 5.55. The topological polar surface area (TPSA) is 42.7 Å².